The second-order valence-electron chi connectivity index (χ2n) is 4.09. The Morgan fingerprint density at radius 1 is 1.31 bits per heavy atom. The topological polar surface area (TPSA) is 67.6 Å². The molecular weight excluding hydrogens is 200 g/mol. The van der Waals surface area contributed by atoms with Crippen molar-refractivity contribution in [1.82, 2.24) is 4.90 Å². The highest BCUT2D eigenvalue weighted by atomic mass is 15.1. The zero-order valence-electron chi connectivity index (χ0n) is 9.93. The van der Waals surface area contributed by atoms with Gasteiger partial charge in [0.05, 0.1) is 6.04 Å². The van der Waals surface area contributed by atoms with Crippen molar-refractivity contribution in [3.8, 4) is 0 Å². The van der Waals surface area contributed by atoms with E-state index < -0.39 is 0 Å². The lowest BCUT2D eigenvalue weighted by Gasteiger charge is -2.19. The minimum Gasteiger partial charge on any atom is -0.370 e. The van der Waals surface area contributed by atoms with Crippen LogP contribution < -0.4 is 11.5 Å². The van der Waals surface area contributed by atoms with E-state index in [0.29, 0.717) is 0 Å². The summed E-state index contributed by atoms with van der Waals surface area (Å²) in [6, 6.07) is 10.5. The van der Waals surface area contributed by atoms with E-state index >= 15 is 0 Å². The van der Waals surface area contributed by atoms with Gasteiger partial charge in [-0.15, -0.1) is 0 Å². The summed E-state index contributed by atoms with van der Waals surface area (Å²) in [6.45, 7) is 3.75. The van der Waals surface area contributed by atoms with Crippen LogP contribution in [0.4, 0.5) is 0 Å². The van der Waals surface area contributed by atoms with Crippen molar-refractivity contribution >= 4 is 5.96 Å². The summed E-state index contributed by atoms with van der Waals surface area (Å²) < 4.78 is 0. The van der Waals surface area contributed by atoms with Crippen molar-refractivity contribution in [2.45, 2.75) is 19.5 Å². The number of aliphatic imine (C=N–C) groups is 1. The first-order valence-electron chi connectivity index (χ1n) is 5.39. The van der Waals surface area contributed by atoms with Gasteiger partial charge >= 0.3 is 0 Å². The normalized spacial score (nSPS) is 12.4. The second kappa shape index (κ2) is 6.12. The Balaban J connectivity index is 2.42. The first-order chi connectivity index (χ1) is 7.58. The van der Waals surface area contributed by atoms with Gasteiger partial charge in [-0.2, -0.15) is 0 Å². The molecule has 1 atom stereocenters. The first-order valence-corrected chi connectivity index (χ1v) is 5.39. The van der Waals surface area contributed by atoms with Crippen molar-refractivity contribution in [3.05, 3.63) is 35.9 Å². The molecule has 4 N–H and O–H groups in total. The van der Waals surface area contributed by atoms with E-state index in [9.17, 15) is 0 Å². The fraction of sp³-hybridized carbons (Fsp3) is 0.417. The molecule has 0 aromatic heterocycles. The SMILES string of the molecule is CC(CN(C)Cc1ccccc1)N=C(N)N. The number of rotatable bonds is 5. The third-order valence-corrected chi connectivity index (χ3v) is 2.24. The predicted molar refractivity (Wildman–Crippen MR) is 68.0 cm³/mol. The maximum atomic E-state index is 5.33. The van der Waals surface area contributed by atoms with E-state index in [-0.39, 0.29) is 12.0 Å². The van der Waals surface area contributed by atoms with Crippen LogP contribution in [0, 0.1) is 0 Å². The maximum Gasteiger partial charge on any atom is 0.186 e. The standard InChI is InChI=1S/C12H20N4/c1-10(15-12(13)14)8-16(2)9-11-6-4-3-5-7-11/h3-7,10H,8-9H2,1-2H3,(H4,13,14,15). The molecule has 0 amide bonds. The molecule has 1 unspecified atom stereocenters. The summed E-state index contributed by atoms with van der Waals surface area (Å²) in [5, 5.41) is 0. The van der Waals surface area contributed by atoms with Crippen LogP contribution in [-0.2, 0) is 6.54 Å². The fourth-order valence-electron chi connectivity index (χ4n) is 1.71. The Morgan fingerprint density at radius 2 is 1.94 bits per heavy atom. The third-order valence-electron chi connectivity index (χ3n) is 2.24. The molecule has 0 aliphatic rings. The molecule has 0 saturated carbocycles. The molecule has 4 heteroatoms. The van der Waals surface area contributed by atoms with Crippen LogP contribution in [0.3, 0.4) is 0 Å². The van der Waals surface area contributed by atoms with Crippen LogP contribution >= 0.6 is 0 Å². The molecule has 0 saturated heterocycles. The van der Waals surface area contributed by atoms with Gasteiger partial charge in [-0.3, -0.25) is 0 Å². The average molecular weight is 220 g/mol. The van der Waals surface area contributed by atoms with Crippen LogP contribution in [0.1, 0.15) is 12.5 Å². The number of hydrogen-bond donors (Lipinski definition) is 2. The molecule has 0 spiro atoms. The average Bonchev–Trinajstić information content (AvgIpc) is 2.17. The summed E-state index contributed by atoms with van der Waals surface area (Å²) in [5.41, 5.74) is 12.0. The van der Waals surface area contributed by atoms with E-state index in [1.165, 1.54) is 5.56 Å². The van der Waals surface area contributed by atoms with Crippen LogP contribution in [-0.4, -0.2) is 30.5 Å². The van der Waals surface area contributed by atoms with Crippen molar-refractivity contribution < 1.29 is 0 Å². The van der Waals surface area contributed by atoms with Gasteiger partial charge in [-0.05, 0) is 19.5 Å². The predicted octanol–water partition coefficient (Wildman–Crippen LogP) is 0.780. The number of nitrogens with zero attached hydrogens (tertiary/aromatic N) is 2. The van der Waals surface area contributed by atoms with Gasteiger partial charge in [-0.1, -0.05) is 30.3 Å². The molecule has 1 aromatic rings. The molecule has 1 aromatic carbocycles. The van der Waals surface area contributed by atoms with Crippen molar-refractivity contribution in [2.24, 2.45) is 16.5 Å². The summed E-state index contributed by atoms with van der Waals surface area (Å²) >= 11 is 0. The highest BCUT2D eigenvalue weighted by molar-refractivity contribution is 5.75. The van der Waals surface area contributed by atoms with Gasteiger partial charge in [-0.25, -0.2) is 4.99 Å². The Hall–Kier alpha value is -1.55. The van der Waals surface area contributed by atoms with Gasteiger partial charge in [0.1, 0.15) is 0 Å². The highest BCUT2D eigenvalue weighted by Gasteiger charge is 2.05. The summed E-state index contributed by atoms with van der Waals surface area (Å²) in [4.78, 5) is 6.29. The molecule has 0 fully saturated rings. The monoisotopic (exact) mass is 220 g/mol. The second-order valence-corrected chi connectivity index (χ2v) is 4.09. The van der Waals surface area contributed by atoms with Crippen LogP contribution in [0.2, 0.25) is 0 Å². The molecule has 0 aliphatic carbocycles. The minimum atomic E-state index is 0.124. The van der Waals surface area contributed by atoms with Gasteiger partial charge < -0.3 is 16.4 Å². The molecule has 0 aliphatic heterocycles. The molecule has 0 radical (unpaired) electrons. The number of guanidine groups is 1. The molecule has 1 rings (SSSR count). The van der Waals surface area contributed by atoms with Gasteiger partial charge in [0.2, 0.25) is 0 Å². The molecule has 88 valence electrons. The van der Waals surface area contributed by atoms with E-state index in [0.717, 1.165) is 13.1 Å². The lowest BCUT2D eigenvalue weighted by Crippen LogP contribution is -2.30. The number of nitrogens with two attached hydrogens (primary N) is 2. The summed E-state index contributed by atoms with van der Waals surface area (Å²) in [6.07, 6.45) is 0. The van der Waals surface area contributed by atoms with Crippen LogP contribution in [0.5, 0.6) is 0 Å². The minimum absolute atomic E-state index is 0.124. The Morgan fingerprint density at radius 3 is 2.50 bits per heavy atom. The van der Waals surface area contributed by atoms with Crippen molar-refractivity contribution in [2.75, 3.05) is 13.6 Å². The number of hydrogen-bond acceptors (Lipinski definition) is 2. The Bertz CT molecular complexity index is 330. The zero-order valence-corrected chi connectivity index (χ0v) is 9.93. The summed E-state index contributed by atoms with van der Waals surface area (Å²) in [7, 11) is 2.06. The van der Waals surface area contributed by atoms with Gasteiger partial charge in [0.25, 0.3) is 0 Å². The van der Waals surface area contributed by atoms with Gasteiger partial charge in [0, 0.05) is 13.1 Å². The van der Waals surface area contributed by atoms with Gasteiger partial charge in [0.15, 0.2) is 5.96 Å². The smallest absolute Gasteiger partial charge is 0.186 e. The highest BCUT2D eigenvalue weighted by Crippen LogP contribution is 2.03. The quantitative estimate of drug-likeness (QED) is 0.569. The lowest BCUT2D eigenvalue weighted by atomic mass is 10.2. The van der Waals surface area contributed by atoms with E-state index in [4.69, 9.17) is 11.5 Å². The van der Waals surface area contributed by atoms with E-state index in [1.807, 2.05) is 25.1 Å². The number of likely N-dealkylation sites (N-methyl/N-ethyl adjacent to an activating group) is 1. The van der Waals surface area contributed by atoms with Crippen molar-refractivity contribution in [1.29, 1.82) is 0 Å². The molecule has 0 bridgehead atoms. The third kappa shape index (κ3) is 4.79. The molecular formula is C12H20N4. The Labute approximate surface area is 97.0 Å². The lowest BCUT2D eigenvalue weighted by molar-refractivity contribution is 0.310. The van der Waals surface area contributed by atoms with E-state index in [1.54, 1.807) is 0 Å². The number of benzene rings is 1. The first kappa shape index (κ1) is 12.5. The molecule has 0 heterocycles. The zero-order chi connectivity index (χ0) is 12.0. The summed E-state index contributed by atoms with van der Waals surface area (Å²) in [5.74, 6) is 0.153. The van der Waals surface area contributed by atoms with Crippen LogP contribution in [0.15, 0.2) is 35.3 Å². The molecule has 16 heavy (non-hydrogen) atoms. The Kier molecular flexibility index (Phi) is 4.79. The van der Waals surface area contributed by atoms with E-state index in [2.05, 4.69) is 29.1 Å². The maximum absolute atomic E-state index is 5.33. The fourth-order valence-corrected chi connectivity index (χ4v) is 1.71. The largest absolute Gasteiger partial charge is 0.370 e. The van der Waals surface area contributed by atoms with Crippen LogP contribution in [0.25, 0.3) is 0 Å². The van der Waals surface area contributed by atoms with Crippen molar-refractivity contribution in [3.63, 3.8) is 0 Å². The molecule has 4 nitrogen and oxygen atoms in total.